The van der Waals surface area contributed by atoms with Gasteiger partial charge in [0.05, 0.1) is 0 Å². The fourth-order valence-corrected chi connectivity index (χ4v) is 3.36. The Morgan fingerprint density at radius 3 is 2.65 bits per heavy atom. The van der Waals surface area contributed by atoms with Gasteiger partial charge in [-0.05, 0) is 48.1 Å². The van der Waals surface area contributed by atoms with E-state index in [4.69, 9.17) is 0 Å². The molecule has 1 N–H and O–H groups in total. The molecule has 2 rings (SSSR count). The standard InChI is InChI=1S/C14H22N2S/c1-16(2)14-5-3-12(4-6-14)9-15-10-13-7-8-17-11-13/h3-6,13,15H,7-11H2,1-2H3. The van der Waals surface area contributed by atoms with Crippen LogP contribution in [-0.2, 0) is 6.54 Å². The van der Waals surface area contributed by atoms with E-state index in [2.05, 4.69) is 60.3 Å². The fourth-order valence-electron chi connectivity index (χ4n) is 2.08. The van der Waals surface area contributed by atoms with Gasteiger partial charge < -0.3 is 10.2 Å². The molecule has 1 aromatic rings. The molecule has 1 aliphatic heterocycles. The summed E-state index contributed by atoms with van der Waals surface area (Å²) in [5.74, 6) is 3.58. The second kappa shape index (κ2) is 6.31. The van der Waals surface area contributed by atoms with Crippen LogP contribution < -0.4 is 10.2 Å². The molecule has 1 saturated heterocycles. The van der Waals surface area contributed by atoms with Gasteiger partial charge in [-0.1, -0.05) is 12.1 Å². The van der Waals surface area contributed by atoms with Gasteiger partial charge in [-0.15, -0.1) is 0 Å². The molecule has 3 heteroatoms. The molecular weight excluding hydrogens is 228 g/mol. The van der Waals surface area contributed by atoms with Crippen LogP contribution in [0, 0.1) is 5.92 Å². The van der Waals surface area contributed by atoms with Crippen LogP contribution in [0.15, 0.2) is 24.3 Å². The second-order valence-electron chi connectivity index (χ2n) is 4.92. The minimum absolute atomic E-state index is 0.890. The Hall–Kier alpha value is -0.670. The predicted molar refractivity (Wildman–Crippen MR) is 77.9 cm³/mol. The number of thioether (sulfide) groups is 1. The normalized spacial score (nSPS) is 19.5. The number of anilines is 1. The molecule has 94 valence electrons. The van der Waals surface area contributed by atoms with Crippen LogP contribution in [0.1, 0.15) is 12.0 Å². The highest BCUT2D eigenvalue weighted by atomic mass is 32.2. The van der Waals surface area contributed by atoms with Crippen molar-refractivity contribution in [1.82, 2.24) is 5.32 Å². The molecule has 1 heterocycles. The van der Waals surface area contributed by atoms with E-state index in [0.29, 0.717) is 0 Å². The highest BCUT2D eigenvalue weighted by Gasteiger charge is 2.14. The largest absolute Gasteiger partial charge is 0.378 e. The van der Waals surface area contributed by atoms with Crippen molar-refractivity contribution >= 4 is 17.4 Å². The van der Waals surface area contributed by atoms with Crippen molar-refractivity contribution in [3.8, 4) is 0 Å². The third-order valence-corrected chi connectivity index (χ3v) is 4.47. The molecule has 0 amide bonds. The zero-order valence-corrected chi connectivity index (χ0v) is 11.6. The van der Waals surface area contributed by atoms with E-state index in [9.17, 15) is 0 Å². The first kappa shape index (κ1) is 12.8. The van der Waals surface area contributed by atoms with Crippen LogP contribution >= 0.6 is 11.8 Å². The summed E-state index contributed by atoms with van der Waals surface area (Å²) in [6, 6.07) is 8.79. The molecule has 0 spiro atoms. The molecule has 1 atom stereocenters. The van der Waals surface area contributed by atoms with Crippen molar-refractivity contribution in [2.24, 2.45) is 5.92 Å². The summed E-state index contributed by atoms with van der Waals surface area (Å²) in [4.78, 5) is 2.13. The quantitative estimate of drug-likeness (QED) is 0.865. The second-order valence-corrected chi connectivity index (χ2v) is 6.07. The molecule has 1 unspecified atom stereocenters. The molecule has 17 heavy (non-hydrogen) atoms. The first-order valence-corrected chi connectivity index (χ1v) is 7.46. The van der Waals surface area contributed by atoms with E-state index >= 15 is 0 Å². The summed E-state index contributed by atoms with van der Waals surface area (Å²) >= 11 is 2.09. The summed E-state index contributed by atoms with van der Waals surface area (Å²) in [6.07, 6.45) is 1.39. The Kier molecular flexibility index (Phi) is 4.75. The number of hydrogen-bond donors (Lipinski definition) is 1. The van der Waals surface area contributed by atoms with Gasteiger partial charge in [0.1, 0.15) is 0 Å². The van der Waals surface area contributed by atoms with Crippen molar-refractivity contribution in [3.63, 3.8) is 0 Å². The van der Waals surface area contributed by atoms with Crippen molar-refractivity contribution in [3.05, 3.63) is 29.8 Å². The molecule has 0 radical (unpaired) electrons. The minimum Gasteiger partial charge on any atom is -0.378 e. The Morgan fingerprint density at radius 2 is 2.06 bits per heavy atom. The molecular formula is C14H22N2S. The lowest BCUT2D eigenvalue weighted by atomic mass is 10.1. The molecule has 0 aliphatic carbocycles. The van der Waals surface area contributed by atoms with E-state index in [-0.39, 0.29) is 0 Å². The maximum atomic E-state index is 3.57. The summed E-state index contributed by atoms with van der Waals surface area (Å²) in [5.41, 5.74) is 2.64. The highest BCUT2D eigenvalue weighted by Crippen LogP contribution is 2.22. The van der Waals surface area contributed by atoms with Crippen LogP contribution in [0.3, 0.4) is 0 Å². The number of rotatable bonds is 5. The van der Waals surface area contributed by atoms with E-state index < -0.39 is 0 Å². The zero-order chi connectivity index (χ0) is 12.1. The third kappa shape index (κ3) is 3.93. The van der Waals surface area contributed by atoms with Gasteiger partial charge in [-0.2, -0.15) is 11.8 Å². The lowest BCUT2D eigenvalue weighted by molar-refractivity contribution is 0.523. The van der Waals surface area contributed by atoms with Crippen molar-refractivity contribution < 1.29 is 0 Å². The Morgan fingerprint density at radius 1 is 1.29 bits per heavy atom. The van der Waals surface area contributed by atoms with Gasteiger partial charge in [0.15, 0.2) is 0 Å². The number of hydrogen-bond acceptors (Lipinski definition) is 3. The predicted octanol–water partition coefficient (Wildman–Crippen LogP) is 2.60. The van der Waals surface area contributed by atoms with Crippen molar-refractivity contribution in [1.29, 1.82) is 0 Å². The lowest BCUT2D eigenvalue weighted by Gasteiger charge is -2.13. The fraction of sp³-hybridized carbons (Fsp3) is 0.571. The third-order valence-electron chi connectivity index (χ3n) is 3.24. The molecule has 2 nitrogen and oxygen atoms in total. The van der Waals surface area contributed by atoms with Crippen LogP contribution in [0.4, 0.5) is 5.69 Å². The van der Waals surface area contributed by atoms with Gasteiger partial charge >= 0.3 is 0 Å². The Labute approximate surface area is 109 Å². The maximum Gasteiger partial charge on any atom is 0.0361 e. The van der Waals surface area contributed by atoms with Gasteiger partial charge in [0.25, 0.3) is 0 Å². The van der Waals surface area contributed by atoms with E-state index in [0.717, 1.165) is 12.5 Å². The van der Waals surface area contributed by atoms with E-state index in [1.165, 1.54) is 35.7 Å². The summed E-state index contributed by atoms with van der Waals surface area (Å²) in [5, 5.41) is 3.57. The van der Waals surface area contributed by atoms with Crippen LogP contribution in [0.5, 0.6) is 0 Å². The average Bonchev–Trinajstić information content (AvgIpc) is 2.83. The molecule has 0 aromatic heterocycles. The molecule has 1 aliphatic rings. The number of benzene rings is 1. The first-order chi connectivity index (χ1) is 8.25. The smallest absolute Gasteiger partial charge is 0.0361 e. The number of nitrogens with one attached hydrogen (secondary N) is 1. The van der Waals surface area contributed by atoms with Gasteiger partial charge in [-0.25, -0.2) is 0 Å². The van der Waals surface area contributed by atoms with Crippen LogP contribution in [0.25, 0.3) is 0 Å². The van der Waals surface area contributed by atoms with E-state index in [1.807, 2.05) is 0 Å². The minimum atomic E-state index is 0.890. The maximum absolute atomic E-state index is 3.57. The Balaban J connectivity index is 1.74. The van der Waals surface area contributed by atoms with Crippen molar-refractivity contribution in [2.45, 2.75) is 13.0 Å². The SMILES string of the molecule is CN(C)c1ccc(CNCC2CCSC2)cc1. The van der Waals surface area contributed by atoms with Gasteiger partial charge in [-0.3, -0.25) is 0 Å². The average molecular weight is 250 g/mol. The Bertz CT molecular complexity index is 329. The van der Waals surface area contributed by atoms with Gasteiger partial charge in [0, 0.05) is 26.3 Å². The monoisotopic (exact) mass is 250 g/mol. The van der Waals surface area contributed by atoms with Crippen LogP contribution in [-0.4, -0.2) is 32.1 Å². The summed E-state index contributed by atoms with van der Waals surface area (Å²) in [6.45, 7) is 2.16. The zero-order valence-electron chi connectivity index (χ0n) is 10.8. The summed E-state index contributed by atoms with van der Waals surface area (Å²) < 4.78 is 0. The molecule has 1 aromatic carbocycles. The van der Waals surface area contributed by atoms with Crippen LogP contribution in [0.2, 0.25) is 0 Å². The highest BCUT2D eigenvalue weighted by molar-refractivity contribution is 7.99. The molecule has 0 saturated carbocycles. The first-order valence-electron chi connectivity index (χ1n) is 6.30. The van der Waals surface area contributed by atoms with Crippen molar-refractivity contribution in [2.75, 3.05) is 37.0 Å². The molecule has 1 fully saturated rings. The van der Waals surface area contributed by atoms with E-state index in [1.54, 1.807) is 0 Å². The topological polar surface area (TPSA) is 15.3 Å². The number of nitrogens with zero attached hydrogens (tertiary/aromatic N) is 1. The van der Waals surface area contributed by atoms with Gasteiger partial charge in [0.2, 0.25) is 0 Å². The lowest BCUT2D eigenvalue weighted by Crippen LogP contribution is -2.22. The summed E-state index contributed by atoms with van der Waals surface area (Å²) in [7, 11) is 4.15. The molecule has 0 bridgehead atoms.